The summed E-state index contributed by atoms with van der Waals surface area (Å²) in [6.07, 6.45) is 2.36. The first kappa shape index (κ1) is 16.8. The molecule has 108 valence electrons. The van der Waals surface area contributed by atoms with Crippen molar-refractivity contribution < 1.29 is 0 Å². The van der Waals surface area contributed by atoms with Crippen molar-refractivity contribution in [3.63, 3.8) is 0 Å². The van der Waals surface area contributed by atoms with E-state index in [4.69, 9.17) is 17.4 Å². The van der Waals surface area contributed by atoms with Gasteiger partial charge in [0, 0.05) is 21.7 Å². The number of thioether (sulfide) groups is 1. The van der Waals surface area contributed by atoms with Gasteiger partial charge in [-0.2, -0.15) is 0 Å². The van der Waals surface area contributed by atoms with Crippen LogP contribution in [0.5, 0.6) is 0 Å². The molecule has 2 nitrogen and oxygen atoms in total. The van der Waals surface area contributed by atoms with Gasteiger partial charge in [-0.25, -0.2) is 0 Å². The number of rotatable bonds is 8. The molecule has 4 heteroatoms. The standard InChI is InChI=1S/C15H25ClN2S/c1-11(2)7-12(3)8-14(18-17)10-19-15-6-4-5-13(16)9-15/h4-6,9,11-12,14,18H,7-8,10,17H2,1-3H3. The lowest BCUT2D eigenvalue weighted by Crippen LogP contribution is -2.38. The maximum Gasteiger partial charge on any atom is 0.0417 e. The van der Waals surface area contributed by atoms with Crippen LogP contribution in [0.4, 0.5) is 0 Å². The largest absolute Gasteiger partial charge is 0.271 e. The third kappa shape index (κ3) is 7.21. The highest BCUT2D eigenvalue weighted by Gasteiger charge is 2.13. The highest BCUT2D eigenvalue weighted by Crippen LogP contribution is 2.24. The molecule has 2 unspecified atom stereocenters. The number of hydrogen-bond acceptors (Lipinski definition) is 3. The summed E-state index contributed by atoms with van der Waals surface area (Å²) < 4.78 is 0. The molecule has 0 saturated carbocycles. The summed E-state index contributed by atoms with van der Waals surface area (Å²) in [5.74, 6) is 8.07. The van der Waals surface area contributed by atoms with Gasteiger partial charge >= 0.3 is 0 Å². The van der Waals surface area contributed by atoms with Crippen molar-refractivity contribution in [3.8, 4) is 0 Å². The van der Waals surface area contributed by atoms with Crippen molar-refractivity contribution >= 4 is 23.4 Å². The zero-order valence-electron chi connectivity index (χ0n) is 12.0. The van der Waals surface area contributed by atoms with Gasteiger partial charge in [-0.3, -0.25) is 11.3 Å². The second-order valence-corrected chi connectivity index (χ2v) is 7.13. The lowest BCUT2D eigenvalue weighted by atomic mass is 9.93. The molecule has 1 rings (SSSR count). The first-order chi connectivity index (χ1) is 9.01. The van der Waals surface area contributed by atoms with Crippen molar-refractivity contribution in [2.24, 2.45) is 17.7 Å². The zero-order chi connectivity index (χ0) is 14.3. The van der Waals surface area contributed by atoms with Gasteiger partial charge in [0.1, 0.15) is 0 Å². The van der Waals surface area contributed by atoms with Gasteiger partial charge < -0.3 is 0 Å². The Morgan fingerprint density at radius 2 is 2.00 bits per heavy atom. The van der Waals surface area contributed by atoms with E-state index in [1.165, 1.54) is 11.3 Å². The Balaban J connectivity index is 2.40. The molecule has 0 aliphatic rings. The maximum atomic E-state index is 5.98. The monoisotopic (exact) mass is 300 g/mol. The molecule has 19 heavy (non-hydrogen) atoms. The van der Waals surface area contributed by atoms with Crippen molar-refractivity contribution in [2.75, 3.05) is 5.75 Å². The summed E-state index contributed by atoms with van der Waals surface area (Å²) in [6.45, 7) is 6.83. The van der Waals surface area contributed by atoms with Crippen LogP contribution in [0.15, 0.2) is 29.2 Å². The molecule has 0 spiro atoms. The van der Waals surface area contributed by atoms with Crippen LogP contribution in [0.1, 0.15) is 33.6 Å². The summed E-state index contributed by atoms with van der Waals surface area (Å²) in [6, 6.07) is 8.31. The summed E-state index contributed by atoms with van der Waals surface area (Å²) >= 11 is 7.78. The van der Waals surface area contributed by atoms with Gasteiger partial charge in [0.05, 0.1) is 0 Å². The number of hydrazine groups is 1. The summed E-state index contributed by atoms with van der Waals surface area (Å²) in [5.41, 5.74) is 2.94. The van der Waals surface area contributed by atoms with E-state index in [2.05, 4.69) is 32.3 Å². The fraction of sp³-hybridized carbons (Fsp3) is 0.600. The lowest BCUT2D eigenvalue weighted by Gasteiger charge is -2.21. The second-order valence-electron chi connectivity index (χ2n) is 5.60. The molecular formula is C15H25ClN2S. The van der Waals surface area contributed by atoms with E-state index < -0.39 is 0 Å². The smallest absolute Gasteiger partial charge is 0.0417 e. The normalized spacial score (nSPS) is 14.6. The minimum atomic E-state index is 0.345. The van der Waals surface area contributed by atoms with Gasteiger partial charge in [-0.05, 0) is 42.9 Å². The van der Waals surface area contributed by atoms with Crippen molar-refractivity contribution in [3.05, 3.63) is 29.3 Å². The van der Waals surface area contributed by atoms with Crippen LogP contribution in [0.2, 0.25) is 5.02 Å². The van der Waals surface area contributed by atoms with Crippen LogP contribution < -0.4 is 11.3 Å². The predicted molar refractivity (Wildman–Crippen MR) is 86.5 cm³/mol. The molecule has 2 atom stereocenters. The number of benzene rings is 1. The first-order valence-electron chi connectivity index (χ1n) is 6.85. The van der Waals surface area contributed by atoms with Crippen molar-refractivity contribution in [1.29, 1.82) is 0 Å². The molecule has 0 heterocycles. The van der Waals surface area contributed by atoms with E-state index in [-0.39, 0.29) is 0 Å². The van der Waals surface area contributed by atoms with Crippen molar-refractivity contribution in [1.82, 2.24) is 5.43 Å². The summed E-state index contributed by atoms with van der Waals surface area (Å²) in [4.78, 5) is 1.20. The third-order valence-electron chi connectivity index (χ3n) is 3.04. The predicted octanol–water partition coefficient (Wildman–Crippen LogP) is 4.34. The molecule has 0 fully saturated rings. The molecule has 0 aromatic heterocycles. The van der Waals surface area contributed by atoms with Crippen molar-refractivity contribution in [2.45, 2.75) is 44.6 Å². The van der Waals surface area contributed by atoms with E-state index in [0.717, 1.165) is 23.1 Å². The topological polar surface area (TPSA) is 38.0 Å². The van der Waals surface area contributed by atoms with Gasteiger partial charge in [0.15, 0.2) is 0 Å². The zero-order valence-corrected chi connectivity index (χ0v) is 13.6. The highest BCUT2D eigenvalue weighted by atomic mass is 35.5. The first-order valence-corrected chi connectivity index (χ1v) is 8.22. The molecular weight excluding hydrogens is 276 g/mol. The Bertz CT molecular complexity index is 371. The molecule has 0 saturated heterocycles. The third-order valence-corrected chi connectivity index (χ3v) is 4.44. The number of nitrogens with two attached hydrogens (primary N) is 1. The highest BCUT2D eigenvalue weighted by molar-refractivity contribution is 7.99. The van der Waals surface area contributed by atoms with Crippen LogP contribution in [0.3, 0.4) is 0 Å². The minimum absolute atomic E-state index is 0.345. The molecule has 0 radical (unpaired) electrons. The Labute approximate surface area is 126 Å². The van der Waals surface area contributed by atoms with Gasteiger partial charge in [-0.1, -0.05) is 38.4 Å². The van der Waals surface area contributed by atoms with E-state index in [9.17, 15) is 0 Å². The maximum absolute atomic E-state index is 5.98. The minimum Gasteiger partial charge on any atom is -0.271 e. The van der Waals surface area contributed by atoms with Crippen LogP contribution >= 0.6 is 23.4 Å². The fourth-order valence-electron chi connectivity index (χ4n) is 2.32. The molecule has 0 aliphatic carbocycles. The van der Waals surface area contributed by atoms with E-state index >= 15 is 0 Å². The van der Waals surface area contributed by atoms with Crippen LogP contribution in [-0.2, 0) is 0 Å². The molecule has 0 bridgehead atoms. The van der Waals surface area contributed by atoms with Crippen LogP contribution in [-0.4, -0.2) is 11.8 Å². The van der Waals surface area contributed by atoms with Gasteiger partial charge in [0.25, 0.3) is 0 Å². The SMILES string of the molecule is CC(C)CC(C)CC(CSc1cccc(Cl)c1)NN. The van der Waals surface area contributed by atoms with Gasteiger partial charge in [-0.15, -0.1) is 11.8 Å². The fourth-order valence-corrected chi connectivity index (χ4v) is 3.59. The quantitative estimate of drug-likeness (QED) is 0.426. The summed E-state index contributed by atoms with van der Waals surface area (Å²) in [7, 11) is 0. The molecule has 1 aromatic carbocycles. The number of halogens is 1. The molecule has 3 N–H and O–H groups in total. The summed E-state index contributed by atoms with van der Waals surface area (Å²) in [5, 5.41) is 0.787. The van der Waals surface area contributed by atoms with Crippen LogP contribution in [0.25, 0.3) is 0 Å². The second kappa shape index (κ2) is 8.85. The Morgan fingerprint density at radius 3 is 2.58 bits per heavy atom. The van der Waals surface area contributed by atoms with Gasteiger partial charge in [0.2, 0.25) is 0 Å². The Kier molecular flexibility index (Phi) is 7.84. The van der Waals surface area contributed by atoms with E-state index in [0.29, 0.717) is 12.0 Å². The number of hydrogen-bond donors (Lipinski definition) is 2. The van der Waals surface area contributed by atoms with Crippen LogP contribution in [0, 0.1) is 11.8 Å². The Hall–Kier alpha value is -0.220. The molecule has 1 aromatic rings. The number of nitrogens with one attached hydrogen (secondary N) is 1. The average molecular weight is 301 g/mol. The lowest BCUT2D eigenvalue weighted by molar-refractivity contribution is 0.369. The Morgan fingerprint density at radius 1 is 1.26 bits per heavy atom. The van der Waals surface area contributed by atoms with E-state index in [1.807, 2.05) is 18.2 Å². The molecule has 0 amide bonds. The molecule has 0 aliphatic heterocycles. The van der Waals surface area contributed by atoms with E-state index in [1.54, 1.807) is 11.8 Å². The average Bonchev–Trinajstić information content (AvgIpc) is 2.33.